The summed E-state index contributed by atoms with van der Waals surface area (Å²) in [6, 6.07) is 16.2. The first-order chi connectivity index (χ1) is 13.5. The maximum Gasteiger partial charge on any atom is 0.321 e. The number of fused-ring (bicyclic) bond motifs is 1. The van der Waals surface area contributed by atoms with E-state index >= 15 is 0 Å². The van der Waals surface area contributed by atoms with E-state index in [-0.39, 0.29) is 6.03 Å². The lowest BCUT2D eigenvalue weighted by atomic mass is 10.1. The van der Waals surface area contributed by atoms with Crippen LogP contribution in [0.5, 0.6) is 0 Å². The number of aryl methyl sites for hydroxylation is 2. The predicted molar refractivity (Wildman–Crippen MR) is 110 cm³/mol. The molecule has 0 atom stereocenters. The van der Waals surface area contributed by atoms with Gasteiger partial charge in [-0.1, -0.05) is 35.5 Å². The molecule has 6 heteroatoms. The number of benzene rings is 2. The number of amides is 2. The van der Waals surface area contributed by atoms with Gasteiger partial charge < -0.3 is 19.6 Å². The van der Waals surface area contributed by atoms with Gasteiger partial charge in [0.25, 0.3) is 0 Å². The fourth-order valence-corrected chi connectivity index (χ4v) is 3.65. The molecule has 2 heterocycles. The number of rotatable bonds is 4. The Morgan fingerprint density at radius 1 is 1.14 bits per heavy atom. The van der Waals surface area contributed by atoms with Crippen molar-refractivity contribution in [2.24, 2.45) is 0 Å². The van der Waals surface area contributed by atoms with Gasteiger partial charge in [-0.2, -0.15) is 0 Å². The Morgan fingerprint density at radius 3 is 2.61 bits per heavy atom. The summed E-state index contributed by atoms with van der Waals surface area (Å²) in [5.41, 5.74) is 6.10. The summed E-state index contributed by atoms with van der Waals surface area (Å²) in [6.07, 6.45) is 1.00. The minimum Gasteiger partial charge on any atom is -0.361 e. The van der Waals surface area contributed by atoms with Crippen molar-refractivity contribution in [1.82, 2.24) is 10.1 Å². The minimum absolute atomic E-state index is 0.167. The first-order valence-electron chi connectivity index (χ1n) is 9.43. The topological polar surface area (TPSA) is 61.6 Å². The quantitative estimate of drug-likeness (QED) is 0.720. The zero-order chi connectivity index (χ0) is 19.7. The first kappa shape index (κ1) is 18.1. The van der Waals surface area contributed by atoms with Gasteiger partial charge in [-0.15, -0.1) is 0 Å². The van der Waals surface area contributed by atoms with Gasteiger partial charge in [0.1, 0.15) is 5.76 Å². The molecular formula is C22H24N4O2. The van der Waals surface area contributed by atoms with E-state index in [0.29, 0.717) is 6.54 Å². The number of nitrogens with one attached hydrogen (secondary N) is 1. The van der Waals surface area contributed by atoms with Crippen molar-refractivity contribution < 1.29 is 9.32 Å². The fourth-order valence-electron chi connectivity index (χ4n) is 3.65. The van der Waals surface area contributed by atoms with Crippen LogP contribution in [0.4, 0.5) is 21.9 Å². The Kier molecular flexibility index (Phi) is 4.77. The molecule has 0 bridgehead atoms. The maximum absolute atomic E-state index is 12.8. The summed E-state index contributed by atoms with van der Waals surface area (Å²) in [5.74, 6) is 0.742. The molecule has 1 aromatic heterocycles. The number of aromatic nitrogens is 1. The Morgan fingerprint density at radius 2 is 1.86 bits per heavy atom. The summed E-state index contributed by atoms with van der Waals surface area (Å²) in [6.45, 7) is 5.10. The molecule has 0 saturated heterocycles. The molecule has 144 valence electrons. The van der Waals surface area contributed by atoms with Crippen LogP contribution in [0.2, 0.25) is 0 Å². The molecule has 6 nitrogen and oxygen atoms in total. The van der Waals surface area contributed by atoms with Crippen LogP contribution in [0.15, 0.2) is 53.1 Å². The Bertz CT molecular complexity index is 992. The van der Waals surface area contributed by atoms with Crippen LogP contribution in [-0.2, 0) is 13.0 Å². The number of nitrogens with zero attached hydrogens (tertiary/aromatic N) is 3. The molecule has 0 radical (unpaired) electrons. The van der Waals surface area contributed by atoms with Crippen molar-refractivity contribution in [2.45, 2.75) is 26.8 Å². The molecule has 1 aliphatic heterocycles. The lowest BCUT2D eigenvalue weighted by molar-refractivity contribution is 0.220. The molecule has 2 amide bonds. The molecule has 0 aliphatic carbocycles. The van der Waals surface area contributed by atoms with E-state index in [1.165, 1.54) is 11.3 Å². The number of para-hydroxylation sites is 3. The van der Waals surface area contributed by atoms with E-state index in [0.717, 1.165) is 41.4 Å². The molecule has 2 aromatic carbocycles. The van der Waals surface area contributed by atoms with Gasteiger partial charge in [-0.05, 0) is 44.0 Å². The lowest BCUT2D eigenvalue weighted by Crippen LogP contribution is -2.31. The minimum atomic E-state index is -0.167. The van der Waals surface area contributed by atoms with Gasteiger partial charge >= 0.3 is 6.03 Å². The molecule has 0 unspecified atom stereocenters. The van der Waals surface area contributed by atoms with Crippen LogP contribution in [0.1, 0.15) is 22.6 Å². The van der Waals surface area contributed by atoms with Crippen molar-refractivity contribution in [1.29, 1.82) is 0 Å². The van der Waals surface area contributed by atoms with Crippen LogP contribution in [0, 0.1) is 13.8 Å². The molecule has 1 N–H and O–H groups in total. The first-order valence-corrected chi connectivity index (χ1v) is 9.43. The molecule has 0 fully saturated rings. The van der Waals surface area contributed by atoms with E-state index < -0.39 is 0 Å². The average Bonchev–Trinajstić information content (AvgIpc) is 3.27. The third-order valence-corrected chi connectivity index (χ3v) is 5.25. The fraction of sp³-hybridized carbons (Fsp3) is 0.273. The Balaban J connectivity index is 1.54. The maximum atomic E-state index is 12.8. The monoisotopic (exact) mass is 376 g/mol. The number of carbonyl (C=O) groups is 1. The summed E-state index contributed by atoms with van der Waals surface area (Å²) in [5, 5.41) is 7.02. The van der Waals surface area contributed by atoms with E-state index in [2.05, 4.69) is 39.6 Å². The second-order valence-corrected chi connectivity index (χ2v) is 7.14. The second kappa shape index (κ2) is 7.38. The molecule has 28 heavy (non-hydrogen) atoms. The lowest BCUT2D eigenvalue weighted by Gasteiger charge is -2.24. The molecule has 0 spiro atoms. The molecule has 0 saturated carbocycles. The summed E-state index contributed by atoms with van der Waals surface area (Å²) in [7, 11) is 1.77. The van der Waals surface area contributed by atoms with E-state index in [1.54, 1.807) is 11.9 Å². The number of carbonyl (C=O) groups excluding carboxylic acids is 1. The SMILES string of the molecule is Cc1noc(C)c1CN(C)C(=O)Nc1ccccc1N1CCc2ccccc21. The molecule has 1 aliphatic rings. The van der Waals surface area contributed by atoms with Crippen molar-refractivity contribution in [3.63, 3.8) is 0 Å². The zero-order valence-corrected chi connectivity index (χ0v) is 16.4. The van der Waals surface area contributed by atoms with Gasteiger partial charge in [0.15, 0.2) is 0 Å². The smallest absolute Gasteiger partial charge is 0.321 e. The van der Waals surface area contributed by atoms with E-state index in [1.807, 2.05) is 38.1 Å². The largest absolute Gasteiger partial charge is 0.361 e. The van der Waals surface area contributed by atoms with Crippen molar-refractivity contribution in [3.05, 3.63) is 71.1 Å². The van der Waals surface area contributed by atoms with E-state index in [4.69, 9.17) is 4.52 Å². The van der Waals surface area contributed by atoms with E-state index in [9.17, 15) is 4.79 Å². The van der Waals surface area contributed by atoms with Gasteiger partial charge in [-0.3, -0.25) is 0 Å². The van der Waals surface area contributed by atoms with Gasteiger partial charge in [0.05, 0.1) is 23.6 Å². The highest BCUT2D eigenvalue weighted by molar-refractivity contribution is 5.94. The van der Waals surface area contributed by atoms with Crippen molar-refractivity contribution in [2.75, 3.05) is 23.8 Å². The summed E-state index contributed by atoms with van der Waals surface area (Å²) in [4.78, 5) is 16.7. The second-order valence-electron chi connectivity index (χ2n) is 7.14. The predicted octanol–water partition coefficient (Wildman–Crippen LogP) is 4.65. The Labute approximate surface area is 164 Å². The number of anilines is 3. The standard InChI is InChI=1S/C22H24N4O2/c1-15-18(16(2)28-24-15)14-25(3)22(27)23-19-9-5-7-11-21(19)26-13-12-17-8-4-6-10-20(17)26/h4-11H,12-14H2,1-3H3,(H,23,27). The third-order valence-electron chi connectivity index (χ3n) is 5.25. The van der Waals surface area contributed by atoms with Crippen LogP contribution in [0.3, 0.4) is 0 Å². The van der Waals surface area contributed by atoms with Crippen molar-refractivity contribution >= 4 is 23.1 Å². The highest BCUT2D eigenvalue weighted by Gasteiger charge is 2.23. The van der Waals surface area contributed by atoms with Crippen LogP contribution >= 0.6 is 0 Å². The summed E-state index contributed by atoms with van der Waals surface area (Å²) >= 11 is 0. The average molecular weight is 376 g/mol. The van der Waals surface area contributed by atoms with Gasteiger partial charge in [0.2, 0.25) is 0 Å². The van der Waals surface area contributed by atoms with Crippen LogP contribution in [-0.4, -0.2) is 29.7 Å². The highest BCUT2D eigenvalue weighted by Crippen LogP contribution is 2.38. The normalized spacial score (nSPS) is 12.8. The Hall–Kier alpha value is -3.28. The number of hydrogen-bond donors (Lipinski definition) is 1. The third kappa shape index (κ3) is 3.33. The van der Waals surface area contributed by atoms with Crippen LogP contribution in [0.25, 0.3) is 0 Å². The number of hydrogen-bond acceptors (Lipinski definition) is 4. The van der Waals surface area contributed by atoms with Gasteiger partial charge in [0, 0.05) is 24.8 Å². The highest BCUT2D eigenvalue weighted by atomic mass is 16.5. The zero-order valence-electron chi connectivity index (χ0n) is 16.4. The molecule has 4 rings (SSSR count). The molecular weight excluding hydrogens is 352 g/mol. The molecule has 3 aromatic rings. The van der Waals surface area contributed by atoms with Crippen molar-refractivity contribution in [3.8, 4) is 0 Å². The van der Waals surface area contributed by atoms with Gasteiger partial charge in [-0.25, -0.2) is 4.79 Å². The number of urea groups is 1. The summed E-state index contributed by atoms with van der Waals surface area (Å²) < 4.78 is 5.20. The van der Waals surface area contributed by atoms with Crippen LogP contribution < -0.4 is 10.2 Å².